The van der Waals surface area contributed by atoms with Crippen molar-refractivity contribution in [3.05, 3.63) is 59.5 Å². The highest BCUT2D eigenvalue weighted by Gasteiger charge is 2.25. The normalized spacial score (nSPS) is 17.7. The number of hydrogen-bond acceptors (Lipinski definition) is 7. The molecule has 1 fully saturated rings. The summed E-state index contributed by atoms with van der Waals surface area (Å²) < 4.78 is 9.24. The summed E-state index contributed by atoms with van der Waals surface area (Å²) in [6, 6.07) is 9.94. The Morgan fingerprint density at radius 1 is 1.14 bits per heavy atom. The maximum atomic E-state index is 13.4. The van der Waals surface area contributed by atoms with Gasteiger partial charge in [-0.1, -0.05) is 17.7 Å². The molecule has 37 heavy (non-hydrogen) atoms. The molecule has 1 N–H and O–H groups in total. The van der Waals surface area contributed by atoms with Crippen LogP contribution >= 0.6 is 11.6 Å². The standard InChI is InChI=1S/C27H28ClN7O2/c1-33-16-29-14-25(33)17-7-8-22(21(28)9-17)32-26-11-24-18(12-30-26)10-23(19-13-31-34(2)15-19)35(24)27(36)37-20-5-3-4-6-20/h7-13,15-16,20,25H,3-6,14H2,1-2H3,(H,30,32). The second kappa shape index (κ2) is 9.55. The molecule has 190 valence electrons. The minimum Gasteiger partial charge on any atom is -0.446 e. The zero-order chi connectivity index (χ0) is 25.5. The number of aryl methyl sites for hydroxylation is 1. The Balaban J connectivity index is 1.34. The number of nitrogens with one attached hydrogen (secondary N) is 1. The summed E-state index contributed by atoms with van der Waals surface area (Å²) in [5.41, 5.74) is 4.09. The van der Waals surface area contributed by atoms with Crippen molar-refractivity contribution < 1.29 is 9.53 Å². The van der Waals surface area contributed by atoms with Crippen molar-refractivity contribution in [3.8, 4) is 11.3 Å². The number of halogens is 1. The summed E-state index contributed by atoms with van der Waals surface area (Å²) in [5.74, 6) is 0.578. The van der Waals surface area contributed by atoms with Crippen LogP contribution in [0.15, 0.2) is 53.9 Å². The predicted octanol–water partition coefficient (Wildman–Crippen LogP) is 5.78. The van der Waals surface area contributed by atoms with Crippen LogP contribution in [0.3, 0.4) is 0 Å². The van der Waals surface area contributed by atoms with E-state index in [0.717, 1.165) is 53.6 Å². The number of likely N-dealkylation sites (N-methyl/N-ethyl adjacent to an activating group) is 1. The summed E-state index contributed by atoms with van der Waals surface area (Å²) in [6.07, 6.45) is 10.8. The molecule has 1 aromatic carbocycles. The molecule has 1 saturated carbocycles. The van der Waals surface area contributed by atoms with E-state index in [9.17, 15) is 4.79 Å². The van der Waals surface area contributed by atoms with Crippen molar-refractivity contribution in [1.29, 1.82) is 0 Å². The second-order valence-corrected chi connectivity index (χ2v) is 10.1. The maximum Gasteiger partial charge on any atom is 0.419 e. The molecular formula is C27H28ClN7O2. The Kier molecular flexibility index (Phi) is 6.08. The van der Waals surface area contributed by atoms with Gasteiger partial charge in [-0.2, -0.15) is 5.10 Å². The molecule has 9 nitrogen and oxygen atoms in total. The van der Waals surface area contributed by atoms with E-state index in [-0.39, 0.29) is 18.2 Å². The topological polar surface area (TPSA) is 89.6 Å². The Morgan fingerprint density at radius 3 is 2.68 bits per heavy atom. The van der Waals surface area contributed by atoms with Gasteiger partial charge in [-0.15, -0.1) is 0 Å². The predicted molar refractivity (Wildman–Crippen MR) is 145 cm³/mol. The highest BCUT2D eigenvalue weighted by Crippen LogP contribution is 2.34. The number of ether oxygens (including phenoxy) is 1. The van der Waals surface area contributed by atoms with E-state index in [4.69, 9.17) is 16.3 Å². The summed E-state index contributed by atoms with van der Waals surface area (Å²) >= 11 is 6.65. The molecule has 1 aliphatic heterocycles. The van der Waals surface area contributed by atoms with Crippen LogP contribution in [0, 0.1) is 0 Å². The lowest BCUT2D eigenvalue weighted by Crippen LogP contribution is -2.20. The summed E-state index contributed by atoms with van der Waals surface area (Å²) in [4.78, 5) is 24.4. The molecule has 4 aromatic rings. The molecule has 0 amide bonds. The van der Waals surface area contributed by atoms with Crippen LogP contribution in [-0.4, -0.2) is 56.4 Å². The first-order valence-electron chi connectivity index (χ1n) is 12.5. The third kappa shape index (κ3) is 4.55. The Morgan fingerprint density at radius 2 is 1.97 bits per heavy atom. The number of carbonyl (C=O) groups excluding carboxylic acids is 1. The zero-order valence-electron chi connectivity index (χ0n) is 20.8. The average molecular weight is 518 g/mol. The maximum absolute atomic E-state index is 13.4. The van der Waals surface area contributed by atoms with E-state index in [1.165, 1.54) is 0 Å². The molecule has 10 heteroatoms. The minimum atomic E-state index is -0.386. The Hall–Kier alpha value is -3.85. The SMILES string of the molecule is CN1C=NCC1c1ccc(Nc2cc3c(cn2)cc(-c2cnn(C)c2)n3C(=O)OC2CCCC2)c(Cl)c1. The van der Waals surface area contributed by atoms with E-state index < -0.39 is 0 Å². The van der Waals surface area contributed by atoms with Gasteiger partial charge >= 0.3 is 6.09 Å². The molecule has 3 aromatic heterocycles. The number of rotatable bonds is 5. The van der Waals surface area contributed by atoms with Crippen molar-refractivity contribution in [2.75, 3.05) is 18.9 Å². The van der Waals surface area contributed by atoms with E-state index in [1.807, 2.05) is 57.0 Å². The van der Waals surface area contributed by atoms with Crippen molar-refractivity contribution >= 4 is 46.4 Å². The molecule has 2 aliphatic rings. The molecule has 0 spiro atoms. The lowest BCUT2D eigenvalue weighted by atomic mass is 10.1. The highest BCUT2D eigenvalue weighted by atomic mass is 35.5. The molecule has 1 unspecified atom stereocenters. The number of pyridine rings is 1. The fraction of sp³-hybridized carbons (Fsp3) is 0.333. The van der Waals surface area contributed by atoms with Crippen LogP contribution in [0.1, 0.15) is 37.3 Å². The van der Waals surface area contributed by atoms with Crippen LogP contribution in [0.5, 0.6) is 0 Å². The van der Waals surface area contributed by atoms with Gasteiger partial charge in [0.25, 0.3) is 0 Å². The molecule has 0 saturated heterocycles. The van der Waals surface area contributed by atoms with Gasteiger partial charge in [0.05, 0.1) is 47.0 Å². The largest absolute Gasteiger partial charge is 0.446 e. The lowest BCUT2D eigenvalue weighted by Gasteiger charge is -2.20. The molecule has 0 bridgehead atoms. The third-order valence-corrected chi connectivity index (χ3v) is 7.43. The zero-order valence-corrected chi connectivity index (χ0v) is 21.5. The summed E-state index contributed by atoms with van der Waals surface area (Å²) in [7, 11) is 3.86. The summed E-state index contributed by atoms with van der Waals surface area (Å²) in [5, 5.41) is 9.03. The molecule has 1 atom stereocenters. The van der Waals surface area contributed by atoms with Gasteiger partial charge in [-0.05, 0) is 49.4 Å². The van der Waals surface area contributed by atoms with E-state index in [0.29, 0.717) is 22.9 Å². The van der Waals surface area contributed by atoms with Crippen molar-refractivity contribution in [2.45, 2.75) is 37.8 Å². The molecule has 1 aliphatic carbocycles. The third-order valence-electron chi connectivity index (χ3n) is 7.11. The van der Waals surface area contributed by atoms with E-state index in [2.05, 4.69) is 25.3 Å². The number of nitrogens with zero attached hydrogens (tertiary/aromatic N) is 6. The smallest absolute Gasteiger partial charge is 0.419 e. The van der Waals surface area contributed by atoms with Gasteiger partial charge < -0.3 is 15.0 Å². The monoisotopic (exact) mass is 517 g/mol. The van der Waals surface area contributed by atoms with E-state index in [1.54, 1.807) is 21.6 Å². The van der Waals surface area contributed by atoms with Crippen LogP contribution in [0.4, 0.5) is 16.3 Å². The molecule has 6 rings (SSSR count). The van der Waals surface area contributed by atoms with Crippen LogP contribution in [0.2, 0.25) is 5.02 Å². The van der Waals surface area contributed by atoms with Crippen molar-refractivity contribution in [1.82, 2.24) is 24.2 Å². The first-order chi connectivity index (χ1) is 18.0. The van der Waals surface area contributed by atoms with Gasteiger partial charge in [0.2, 0.25) is 0 Å². The molecular weight excluding hydrogens is 490 g/mol. The van der Waals surface area contributed by atoms with Gasteiger partial charge in [0.15, 0.2) is 0 Å². The van der Waals surface area contributed by atoms with Crippen molar-refractivity contribution in [2.24, 2.45) is 12.0 Å². The number of anilines is 2. The quantitative estimate of drug-likeness (QED) is 0.361. The number of fused-ring (bicyclic) bond motifs is 1. The van der Waals surface area contributed by atoms with Crippen LogP contribution < -0.4 is 5.32 Å². The number of aliphatic imine (C=N–C) groups is 1. The number of hydrogen-bond donors (Lipinski definition) is 1. The Labute approximate surface area is 219 Å². The van der Waals surface area contributed by atoms with Gasteiger partial charge in [0.1, 0.15) is 11.9 Å². The summed E-state index contributed by atoms with van der Waals surface area (Å²) in [6.45, 7) is 0.713. The second-order valence-electron chi connectivity index (χ2n) is 9.71. The van der Waals surface area contributed by atoms with Crippen LogP contribution in [0.25, 0.3) is 22.2 Å². The minimum absolute atomic E-state index is 0.0484. The Bertz CT molecular complexity index is 1500. The lowest BCUT2D eigenvalue weighted by molar-refractivity contribution is 0.104. The van der Waals surface area contributed by atoms with Crippen molar-refractivity contribution in [3.63, 3.8) is 0 Å². The number of carbonyl (C=O) groups is 1. The van der Waals surface area contributed by atoms with Crippen LogP contribution in [-0.2, 0) is 11.8 Å². The highest BCUT2D eigenvalue weighted by molar-refractivity contribution is 6.33. The first-order valence-corrected chi connectivity index (χ1v) is 12.8. The van der Waals surface area contributed by atoms with Gasteiger partial charge in [0, 0.05) is 43.5 Å². The fourth-order valence-electron chi connectivity index (χ4n) is 5.14. The average Bonchev–Trinajstić information content (AvgIpc) is 3.67. The van der Waals surface area contributed by atoms with E-state index >= 15 is 0 Å². The van der Waals surface area contributed by atoms with Gasteiger partial charge in [-0.3, -0.25) is 9.67 Å². The number of benzene rings is 1. The van der Waals surface area contributed by atoms with Gasteiger partial charge in [-0.25, -0.2) is 14.3 Å². The fourth-order valence-corrected chi connectivity index (χ4v) is 5.37. The first kappa shape index (κ1) is 23.5. The molecule has 0 radical (unpaired) electrons. The molecule has 4 heterocycles. The number of aromatic nitrogens is 4.